The van der Waals surface area contributed by atoms with Crippen molar-refractivity contribution >= 4 is 5.97 Å². The smallest absolute Gasteiger partial charge is 0.327 e. The van der Waals surface area contributed by atoms with Crippen molar-refractivity contribution in [2.45, 2.75) is 26.8 Å². The molecule has 0 aromatic carbocycles. The Kier molecular flexibility index (Phi) is 4.69. The highest BCUT2D eigenvalue weighted by atomic mass is 16.5. The first kappa shape index (κ1) is 13.7. The van der Waals surface area contributed by atoms with Crippen molar-refractivity contribution in [3.05, 3.63) is 17.5 Å². The van der Waals surface area contributed by atoms with Crippen molar-refractivity contribution < 1.29 is 9.53 Å². The van der Waals surface area contributed by atoms with Gasteiger partial charge in [-0.1, -0.05) is 13.8 Å². The van der Waals surface area contributed by atoms with Crippen LogP contribution in [0.15, 0.2) is 6.20 Å². The summed E-state index contributed by atoms with van der Waals surface area (Å²) in [6, 6.07) is -0.434. The average molecular weight is 239 g/mol. The zero-order chi connectivity index (χ0) is 13.0. The number of carbonyl (C=O) groups is 1. The van der Waals surface area contributed by atoms with Gasteiger partial charge in [0.2, 0.25) is 0 Å². The largest absolute Gasteiger partial charge is 0.468 e. The van der Waals surface area contributed by atoms with Crippen LogP contribution in [0, 0.1) is 12.8 Å². The number of aromatic nitrogens is 2. The molecule has 0 aliphatic heterocycles. The van der Waals surface area contributed by atoms with Crippen molar-refractivity contribution in [1.29, 1.82) is 0 Å². The Morgan fingerprint density at radius 1 is 1.59 bits per heavy atom. The maximum atomic E-state index is 11.8. The summed E-state index contributed by atoms with van der Waals surface area (Å²) in [6.07, 6.45) is 1.85. The lowest BCUT2D eigenvalue weighted by Crippen LogP contribution is -2.32. The van der Waals surface area contributed by atoms with Crippen molar-refractivity contribution in [1.82, 2.24) is 15.1 Å². The second kappa shape index (κ2) is 5.82. The van der Waals surface area contributed by atoms with E-state index in [-0.39, 0.29) is 5.97 Å². The van der Waals surface area contributed by atoms with E-state index in [2.05, 4.69) is 24.3 Å². The minimum Gasteiger partial charge on any atom is -0.468 e. The standard InChI is InChI=1S/C12H21N3O2/c1-8(2)6-13-11(12(16)17-5)10-7-15(4)14-9(10)3/h7-8,11,13H,6H2,1-5H3. The molecule has 5 nitrogen and oxygen atoms in total. The number of ether oxygens (including phenoxy) is 1. The third-order valence-corrected chi connectivity index (χ3v) is 2.53. The molecule has 0 radical (unpaired) electrons. The van der Waals surface area contributed by atoms with E-state index < -0.39 is 6.04 Å². The SMILES string of the molecule is COC(=O)C(NCC(C)C)c1cn(C)nc1C. The summed E-state index contributed by atoms with van der Waals surface area (Å²) in [6.45, 7) is 6.84. The van der Waals surface area contributed by atoms with E-state index in [9.17, 15) is 4.79 Å². The van der Waals surface area contributed by atoms with Crippen molar-refractivity contribution in [2.75, 3.05) is 13.7 Å². The number of rotatable bonds is 5. The summed E-state index contributed by atoms with van der Waals surface area (Å²) in [4.78, 5) is 11.8. The van der Waals surface area contributed by atoms with Crippen LogP contribution in [-0.2, 0) is 16.6 Å². The van der Waals surface area contributed by atoms with Crippen LogP contribution >= 0.6 is 0 Å². The second-order valence-electron chi connectivity index (χ2n) is 4.60. The van der Waals surface area contributed by atoms with E-state index in [0.29, 0.717) is 5.92 Å². The first-order valence-corrected chi connectivity index (χ1v) is 5.77. The van der Waals surface area contributed by atoms with Gasteiger partial charge < -0.3 is 10.1 Å². The topological polar surface area (TPSA) is 56.1 Å². The number of hydrogen-bond donors (Lipinski definition) is 1. The van der Waals surface area contributed by atoms with Crippen LogP contribution < -0.4 is 5.32 Å². The van der Waals surface area contributed by atoms with Gasteiger partial charge in [-0.05, 0) is 19.4 Å². The summed E-state index contributed by atoms with van der Waals surface area (Å²) in [5, 5.41) is 7.46. The molecule has 0 saturated heterocycles. The van der Waals surface area contributed by atoms with Crippen LogP contribution in [-0.4, -0.2) is 29.4 Å². The lowest BCUT2D eigenvalue weighted by Gasteiger charge is -2.17. The highest BCUT2D eigenvalue weighted by Crippen LogP contribution is 2.18. The number of carbonyl (C=O) groups excluding carboxylic acids is 1. The van der Waals surface area contributed by atoms with Gasteiger partial charge >= 0.3 is 5.97 Å². The van der Waals surface area contributed by atoms with Crippen LogP contribution in [0.5, 0.6) is 0 Å². The Balaban J connectivity index is 2.89. The highest BCUT2D eigenvalue weighted by molar-refractivity contribution is 5.77. The molecule has 1 heterocycles. The van der Waals surface area contributed by atoms with E-state index in [1.165, 1.54) is 7.11 Å². The highest BCUT2D eigenvalue weighted by Gasteiger charge is 2.24. The van der Waals surface area contributed by atoms with Gasteiger partial charge in [0.1, 0.15) is 6.04 Å². The quantitative estimate of drug-likeness (QED) is 0.784. The monoisotopic (exact) mass is 239 g/mol. The first-order chi connectivity index (χ1) is 7.95. The molecule has 1 aromatic rings. The number of aryl methyl sites for hydroxylation is 2. The lowest BCUT2D eigenvalue weighted by atomic mass is 10.1. The molecular weight excluding hydrogens is 218 g/mol. The van der Waals surface area contributed by atoms with Crippen LogP contribution in [0.2, 0.25) is 0 Å². The number of nitrogens with zero attached hydrogens (tertiary/aromatic N) is 2. The molecule has 5 heteroatoms. The molecule has 1 rings (SSSR count). The van der Waals surface area contributed by atoms with E-state index in [1.807, 2.05) is 20.2 Å². The minimum absolute atomic E-state index is 0.276. The Morgan fingerprint density at radius 2 is 2.24 bits per heavy atom. The van der Waals surface area contributed by atoms with Gasteiger partial charge in [0.15, 0.2) is 0 Å². The fourth-order valence-electron chi connectivity index (χ4n) is 1.69. The molecule has 0 aliphatic rings. The van der Waals surface area contributed by atoms with Gasteiger partial charge in [0.25, 0.3) is 0 Å². The van der Waals surface area contributed by atoms with Gasteiger partial charge in [0.05, 0.1) is 12.8 Å². The maximum absolute atomic E-state index is 11.8. The average Bonchev–Trinajstić information content (AvgIpc) is 2.57. The third kappa shape index (κ3) is 3.56. The molecule has 0 saturated carbocycles. The van der Waals surface area contributed by atoms with Crippen LogP contribution in [0.25, 0.3) is 0 Å². The van der Waals surface area contributed by atoms with E-state index >= 15 is 0 Å². The molecular formula is C12H21N3O2. The Hall–Kier alpha value is -1.36. The lowest BCUT2D eigenvalue weighted by molar-refractivity contribution is -0.143. The number of nitrogens with one attached hydrogen (secondary N) is 1. The van der Waals surface area contributed by atoms with E-state index in [0.717, 1.165) is 17.8 Å². The Bertz CT molecular complexity index is 385. The number of esters is 1. The molecule has 1 N–H and O–H groups in total. The van der Waals surface area contributed by atoms with E-state index in [4.69, 9.17) is 4.74 Å². The molecule has 96 valence electrons. The molecule has 0 spiro atoms. The molecule has 17 heavy (non-hydrogen) atoms. The van der Waals surface area contributed by atoms with Crippen molar-refractivity contribution in [3.63, 3.8) is 0 Å². The predicted molar refractivity (Wildman–Crippen MR) is 65.5 cm³/mol. The summed E-state index contributed by atoms with van der Waals surface area (Å²) >= 11 is 0. The van der Waals surface area contributed by atoms with Crippen molar-refractivity contribution in [2.24, 2.45) is 13.0 Å². The van der Waals surface area contributed by atoms with Gasteiger partial charge in [0, 0.05) is 18.8 Å². The molecule has 0 bridgehead atoms. The Labute approximate surface area is 102 Å². The zero-order valence-electron chi connectivity index (χ0n) is 11.2. The fraction of sp³-hybridized carbons (Fsp3) is 0.667. The summed E-state index contributed by atoms with van der Waals surface area (Å²) < 4.78 is 6.53. The molecule has 1 unspecified atom stereocenters. The van der Waals surface area contributed by atoms with E-state index in [1.54, 1.807) is 4.68 Å². The van der Waals surface area contributed by atoms with Crippen LogP contribution in [0.4, 0.5) is 0 Å². The summed E-state index contributed by atoms with van der Waals surface area (Å²) in [5.41, 5.74) is 1.72. The Morgan fingerprint density at radius 3 is 2.65 bits per heavy atom. The minimum atomic E-state index is -0.434. The predicted octanol–water partition coefficient (Wildman–Crippen LogP) is 1.19. The van der Waals surface area contributed by atoms with Gasteiger partial charge in [-0.3, -0.25) is 4.68 Å². The third-order valence-electron chi connectivity index (χ3n) is 2.53. The first-order valence-electron chi connectivity index (χ1n) is 5.77. The maximum Gasteiger partial charge on any atom is 0.327 e. The summed E-state index contributed by atoms with van der Waals surface area (Å²) in [7, 11) is 3.24. The number of methoxy groups -OCH3 is 1. The molecule has 0 fully saturated rings. The van der Waals surface area contributed by atoms with Gasteiger partial charge in [-0.15, -0.1) is 0 Å². The fourth-order valence-corrected chi connectivity index (χ4v) is 1.69. The second-order valence-corrected chi connectivity index (χ2v) is 4.60. The van der Waals surface area contributed by atoms with Gasteiger partial charge in [-0.25, -0.2) is 4.79 Å². The molecule has 0 aliphatic carbocycles. The molecule has 1 atom stereocenters. The number of hydrogen-bond acceptors (Lipinski definition) is 4. The van der Waals surface area contributed by atoms with Crippen molar-refractivity contribution in [3.8, 4) is 0 Å². The van der Waals surface area contributed by atoms with Gasteiger partial charge in [-0.2, -0.15) is 5.10 Å². The van der Waals surface area contributed by atoms with Crippen LogP contribution in [0.3, 0.4) is 0 Å². The summed E-state index contributed by atoms with van der Waals surface area (Å²) in [5.74, 6) is 0.195. The normalized spacial score (nSPS) is 12.8. The molecule has 1 aromatic heterocycles. The van der Waals surface area contributed by atoms with Crippen LogP contribution in [0.1, 0.15) is 31.1 Å². The molecule has 0 amide bonds. The zero-order valence-corrected chi connectivity index (χ0v) is 11.2.